The molecule has 3 aromatic rings. The topological polar surface area (TPSA) is 96.6 Å². The second kappa shape index (κ2) is 7.50. The SMILES string of the molecule is COc1ccc(S(=O)(=O)n2ccn(C(=O)COc3ccccc3)c2=O)cc1. The first-order valence-electron chi connectivity index (χ1n) is 7.84. The lowest BCUT2D eigenvalue weighted by Crippen LogP contribution is -2.34. The number of carbonyl (C=O) groups excluding carboxylic acids is 1. The van der Waals surface area contributed by atoms with Gasteiger partial charge in [-0.1, -0.05) is 18.2 Å². The minimum atomic E-state index is -4.14. The highest BCUT2D eigenvalue weighted by Crippen LogP contribution is 2.17. The molecule has 0 atom stereocenters. The lowest BCUT2D eigenvalue weighted by molar-refractivity contribution is 0.0833. The van der Waals surface area contributed by atoms with E-state index in [4.69, 9.17) is 9.47 Å². The van der Waals surface area contributed by atoms with Crippen molar-refractivity contribution in [1.82, 2.24) is 8.54 Å². The molecule has 0 spiro atoms. The summed E-state index contributed by atoms with van der Waals surface area (Å²) in [6.07, 6.45) is 2.13. The van der Waals surface area contributed by atoms with Gasteiger partial charge in [0.25, 0.3) is 15.9 Å². The van der Waals surface area contributed by atoms with Crippen LogP contribution in [0.5, 0.6) is 11.5 Å². The third kappa shape index (κ3) is 3.77. The summed E-state index contributed by atoms with van der Waals surface area (Å²) in [5.41, 5.74) is -0.993. The molecule has 1 heterocycles. The van der Waals surface area contributed by atoms with Gasteiger partial charge in [-0.05, 0) is 36.4 Å². The fourth-order valence-corrected chi connectivity index (χ4v) is 3.54. The number of rotatable bonds is 6. The molecule has 8 nitrogen and oxygen atoms in total. The van der Waals surface area contributed by atoms with Crippen LogP contribution in [0.4, 0.5) is 0 Å². The Kier molecular flexibility index (Phi) is 5.13. The fourth-order valence-electron chi connectivity index (χ4n) is 2.33. The van der Waals surface area contributed by atoms with E-state index in [1.54, 1.807) is 30.3 Å². The predicted octanol–water partition coefficient (Wildman–Crippen LogP) is 1.61. The van der Waals surface area contributed by atoms with Gasteiger partial charge in [0.05, 0.1) is 12.0 Å². The number of hydrogen-bond acceptors (Lipinski definition) is 6. The highest BCUT2D eigenvalue weighted by Gasteiger charge is 2.22. The average molecular weight is 388 g/mol. The van der Waals surface area contributed by atoms with E-state index in [9.17, 15) is 18.0 Å². The van der Waals surface area contributed by atoms with E-state index < -0.39 is 28.2 Å². The summed E-state index contributed by atoms with van der Waals surface area (Å²) in [5.74, 6) is 0.254. The van der Waals surface area contributed by atoms with E-state index in [2.05, 4.69) is 0 Å². The molecule has 0 aliphatic rings. The van der Waals surface area contributed by atoms with Gasteiger partial charge in [0.2, 0.25) is 0 Å². The van der Waals surface area contributed by atoms with Crippen molar-refractivity contribution in [3.8, 4) is 11.5 Å². The summed E-state index contributed by atoms with van der Waals surface area (Å²) in [7, 11) is -2.68. The molecule has 9 heteroatoms. The summed E-state index contributed by atoms with van der Waals surface area (Å²) in [6, 6.07) is 14.2. The van der Waals surface area contributed by atoms with Gasteiger partial charge in [-0.25, -0.2) is 17.8 Å². The molecule has 0 radical (unpaired) electrons. The Hall–Kier alpha value is -3.33. The van der Waals surface area contributed by atoms with E-state index in [1.165, 1.54) is 31.4 Å². The summed E-state index contributed by atoms with van der Waals surface area (Å²) in [6.45, 7) is -0.406. The normalized spacial score (nSPS) is 11.1. The van der Waals surface area contributed by atoms with Crippen molar-refractivity contribution < 1.29 is 22.7 Å². The van der Waals surface area contributed by atoms with E-state index >= 15 is 0 Å². The van der Waals surface area contributed by atoms with Gasteiger partial charge >= 0.3 is 5.69 Å². The lowest BCUT2D eigenvalue weighted by Gasteiger charge is -2.06. The van der Waals surface area contributed by atoms with Crippen LogP contribution in [-0.2, 0) is 10.0 Å². The number of carbonyl (C=O) groups is 1. The second-order valence-corrected chi connectivity index (χ2v) is 7.24. The maximum absolute atomic E-state index is 12.6. The van der Waals surface area contributed by atoms with Crippen molar-refractivity contribution in [2.24, 2.45) is 0 Å². The number of para-hydroxylation sites is 1. The van der Waals surface area contributed by atoms with E-state index in [0.29, 0.717) is 20.0 Å². The van der Waals surface area contributed by atoms with Crippen molar-refractivity contribution in [2.45, 2.75) is 4.90 Å². The highest BCUT2D eigenvalue weighted by atomic mass is 32.2. The lowest BCUT2D eigenvalue weighted by atomic mass is 10.3. The predicted molar refractivity (Wildman–Crippen MR) is 96.8 cm³/mol. The molecule has 3 rings (SSSR count). The molecule has 0 amide bonds. The Morgan fingerprint density at radius 3 is 2.26 bits per heavy atom. The molecule has 1 aromatic heterocycles. The van der Waals surface area contributed by atoms with Gasteiger partial charge < -0.3 is 9.47 Å². The molecule has 2 aromatic carbocycles. The number of nitrogens with zero attached hydrogens (tertiary/aromatic N) is 2. The van der Waals surface area contributed by atoms with Gasteiger partial charge in [0.15, 0.2) is 6.61 Å². The zero-order valence-electron chi connectivity index (χ0n) is 14.3. The zero-order valence-corrected chi connectivity index (χ0v) is 15.1. The number of ether oxygens (including phenoxy) is 2. The molecule has 0 aliphatic carbocycles. The van der Waals surface area contributed by atoms with Gasteiger partial charge in [-0.3, -0.25) is 4.79 Å². The van der Waals surface area contributed by atoms with Crippen LogP contribution >= 0.6 is 0 Å². The Bertz CT molecular complexity index is 1100. The van der Waals surface area contributed by atoms with Crippen molar-refractivity contribution in [1.29, 1.82) is 0 Å². The number of methoxy groups -OCH3 is 1. The van der Waals surface area contributed by atoms with Crippen LogP contribution in [0.3, 0.4) is 0 Å². The first-order chi connectivity index (χ1) is 12.9. The van der Waals surface area contributed by atoms with Crippen LogP contribution in [0.2, 0.25) is 0 Å². The quantitative estimate of drug-likeness (QED) is 0.637. The van der Waals surface area contributed by atoms with Crippen molar-refractivity contribution in [3.05, 3.63) is 77.5 Å². The Labute approximate surface area is 155 Å². The third-order valence-corrected chi connectivity index (χ3v) is 5.40. The van der Waals surface area contributed by atoms with Crippen LogP contribution in [0.25, 0.3) is 0 Å². The van der Waals surface area contributed by atoms with Crippen LogP contribution in [-0.4, -0.2) is 36.6 Å². The first-order valence-corrected chi connectivity index (χ1v) is 9.28. The molecule has 0 fully saturated rings. The van der Waals surface area contributed by atoms with Gasteiger partial charge in [-0.15, -0.1) is 0 Å². The largest absolute Gasteiger partial charge is 0.497 e. The summed E-state index contributed by atoms with van der Waals surface area (Å²) in [5, 5.41) is 0. The molecule has 27 heavy (non-hydrogen) atoms. The van der Waals surface area contributed by atoms with Crippen LogP contribution in [0.1, 0.15) is 4.79 Å². The minimum absolute atomic E-state index is 0.101. The Balaban J connectivity index is 1.83. The number of aromatic nitrogens is 2. The summed E-state index contributed by atoms with van der Waals surface area (Å²) in [4.78, 5) is 24.5. The Morgan fingerprint density at radius 1 is 0.963 bits per heavy atom. The summed E-state index contributed by atoms with van der Waals surface area (Å²) < 4.78 is 36.8. The van der Waals surface area contributed by atoms with Gasteiger partial charge in [-0.2, -0.15) is 3.97 Å². The van der Waals surface area contributed by atoms with Gasteiger partial charge in [0, 0.05) is 12.4 Å². The van der Waals surface area contributed by atoms with Crippen LogP contribution in [0, 0.1) is 0 Å². The van der Waals surface area contributed by atoms with Crippen molar-refractivity contribution in [2.75, 3.05) is 13.7 Å². The fraction of sp³-hybridized carbons (Fsp3) is 0.111. The Morgan fingerprint density at radius 2 is 1.63 bits per heavy atom. The van der Waals surface area contributed by atoms with Crippen LogP contribution in [0.15, 0.2) is 76.7 Å². The third-order valence-electron chi connectivity index (χ3n) is 3.74. The molecule has 0 bridgehead atoms. The second-order valence-electron chi connectivity index (χ2n) is 5.42. The maximum Gasteiger partial charge on any atom is 0.349 e. The molecular weight excluding hydrogens is 372 g/mol. The highest BCUT2D eigenvalue weighted by molar-refractivity contribution is 7.90. The summed E-state index contributed by atoms with van der Waals surface area (Å²) >= 11 is 0. The van der Waals surface area contributed by atoms with Crippen LogP contribution < -0.4 is 15.2 Å². The van der Waals surface area contributed by atoms with Crippen molar-refractivity contribution in [3.63, 3.8) is 0 Å². The molecular formula is C18H16N2O6S. The molecule has 0 saturated heterocycles. The first kappa shape index (κ1) is 18.5. The molecule has 0 saturated carbocycles. The van der Waals surface area contributed by atoms with E-state index in [0.717, 1.165) is 12.4 Å². The van der Waals surface area contributed by atoms with Crippen molar-refractivity contribution >= 4 is 15.9 Å². The number of benzene rings is 2. The standard InChI is InChI=1S/C18H16N2O6S/c1-25-14-7-9-16(10-8-14)27(23,24)20-12-11-19(18(20)22)17(21)13-26-15-5-3-2-4-6-15/h2-12H,13H2,1H3. The number of hydrogen-bond donors (Lipinski definition) is 0. The molecule has 0 N–H and O–H groups in total. The average Bonchev–Trinajstić information content (AvgIpc) is 3.09. The smallest absolute Gasteiger partial charge is 0.349 e. The molecule has 0 unspecified atom stereocenters. The molecule has 140 valence electrons. The zero-order chi connectivity index (χ0) is 19.4. The monoisotopic (exact) mass is 388 g/mol. The van der Waals surface area contributed by atoms with E-state index in [-0.39, 0.29) is 4.90 Å². The maximum atomic E-state index is 12.6. The molecule has 0 aliphatic heterocycles. The van der Waals surface area contributed by atoms with Gasteiger partial charge in [0.1, 0.15) is 11.5 Å². The number of imidazole rings is 1. The minimum Gasteiger partial charge on any atom is -0.497 e. The van der Waals surface area contributed by atoms with E-state index in [1.807, 2.05) is 0 Å².